The average molecular weight is 583 g/mol. The first kappa shape index (κ1) is 27.6. The quantitative estimate of drug-likeness (QED) is 0.269. The smallest absolute Gasteiger partial charge is 0.495 e. The molecule has 3 aromatic carbocycles. The fraction of sp³-hybridized carbons (Fsp3) is 0.0800. The molecule has 1 N–H and O–H groups in total. The van der Waals surface area contributed by atoms with Crippen molar-refractivity contribution >= 4 is 59.4 Å². The van der Waals surface area contributed by atoms with Crippen LogP contribution in [0, 0.1) is 5.82 Å². The summed E-state index contributed by atoms with van der Waals surface area (Å²) < 4.78 is 48.1. The molecule has 0 spiro atoms. The molecule has 1 aromatic heterocycles. The molecule has 0 aliphatic carbocycles. The van der Waals surface area contributed by atoms with Crippen LogP contribution in [0.2, 0.25) is 0 Å². The van der Waals surface area contributed by atoms with Crippen molar-refractivity contribution in [3.05, 3.63) is 99.1 Å². The second-order valence-electron chi connectivity index (χ2n) is 7.37. The van der Waals surface area contributed by atoms with Crippen molar-refractivity contribution in [2.45, 2.75) is 11.3 Å². The van der Waals surface area contributed by atoms with Crippen LogP contribution < -0.4 is 39.0 Å². The molecule has 174 valence electrons. The summed E-state index contributed by atoms with van der Waals surface area (Å²) in [5.41, 5.74) is 1.30. The van der Waals surface area contributed by atoms with Gasteiger partial charge in [-0.25, -0.2) is 17.5 Å². The molecule has 10 heteroatoms. The molecular weight excluding hydrogens is 564 g/mol. The number of methoxy groups -OCH3 is 1. The summed E-state index contributed by atoms with van der Waals surface area (Å²) in [4.78, 5) is 13.4. The van der Waals surface area contributed by atoms with E-state index in [-0.39, 0.29) is 40.2 Å². The van der Waals surface area contributed by atoms with Gasteiger partial charge in [-0.15, -0.1) is 11.3 Å². The monoisotopic (exact) mass is 582 g/mol. The van der Waals surface area contributed by atoms with Gasteiger partial charge in [-0.2, -0.15) is 0 Å². The van der Waals surface area contributed by atoms with Gasteiger partial charge in [0.1, 0.15) is 16.5 Å². The molecule has 35 heavy (non-hydrogen) atoms. The first-order chi connectivity index (χ1) is 16.2. The van der Waals surface area contributed by atoms with E-state index < -0.39 is 21.7 Å². The number of thiophene rings is 1. The van der Waals surface area contributed by atoms with E-state index in [4.69, 9.17) is 4.74 Å². The third kappa shape index (κ3) is 6.81. The van der Waals surface area contributed by atoms with Crippen molar-refractivity contribution in [2.24, 2.45) is 0 Å². The van der Waals surface area contributed by atoms with E-state index in [2.05, 4.69) is 22.0 Å². The molecule has 0 radical (unpaired) electrons. The van der Waals surface area contributed by atoms with Crippen LogP contribution in [-0.4, -0.2) is 21.4 Å². The van der Waals surface area contributed by atoms with E-state index in [9.17, 15) is 17.6 Å². The van der Waals surface area contributed by atoms with Gasteiger partial charge in [0.15, 0.2) is 0 Å². The van der Waals surface area contributed by atoms with Crippen LogP contribution >= 0.6 is 27.3 Å². The zero-order chi connectivity index (χ0) is 24.3. The Morgan fingerprint density at radius 3 is 2.63 bits per heavy atom. The fourth-order valence-electron chi connectivity index (χ4n) is 3.44. The van der Waals surface area contributed by atoms with Gasteiger partial charge in [-0.1, -0.05) is 40.2 Å². The van der Waals surface area contributed by atoms with Crippen LogP contribution in [-0.2, 0) is 21.2 Å². The number of amides is 1. The Bertz CT molecular complexity index is 1490. The molecule has 0 aliphatic rings. The molecule has 4 aromatic rings. The number of fused-ring (bicyclic) bond motifs is 1. The number of rotatable bonds is 7. The van der Waals surface area contributed by atoms with Crippen LogP contribution in [0.4, 0.5) is 4.39 Å². The van der Waals surface area contributed by atoms with E-state index in [0.29, 0.717) is 16.5 Å². The second-order valence-corrected chi connectivity index (χ2v) is 11.1. The van der Waals surface area contributed by atoms with Gasteiger partial charge in [0.25, 0.3) is 15.9 Å². The first-order valence-corrected chi connectivity index (χ1v) is 13.2. The van der Waals surface area contributed by atoms with Crippen molar-refractivity contribution in [3.63, 3.8) is 0 Å². The zero-order valence-corrected chi connectivity index (χ0v) is 24.1. The van der Waals surface area contributed by atoms with E-state index in [1.165, 1.54) is 37.5 Å². The summed E-state index contributed by atoms with van der Waals surface area (Å²) in [6.45, 7) is 0. The molecule has 0 unspecified atom stereocenters. The number of sulfonamides is 1. The summed E-state index contributed by atoms with van der Waals surface area (Å²) in [5, 5.41) is 1.13. The number of ether oxygens (including phenoxy) is 1. The van der Waals surface area contributed by atoms with Gasteiger partial charge in [0.2, 0.25) is 0 Å². The molecule has 0 saturated heterocycles. The topological polar surface area (TPSA) is 72.5 Å². The molecule has 0 saturated carbocycles. The minimum atomic E-state index is -4.19. The number of carbonyl (C=O) groups is 1. The molecule has 4 rings (SSSR count). The van der Waals surface area contributed by atoms with Crippen LogP contribution in [0.5, 0.6) is 5.75 Å². The van der Waals surface area contributed by atoms with E-state index in [1.54, 1.807) is 23.5 Å². The largest absolute Gasteiger partial charge is 1.00 e. The number of benzene rings is 3. The predicted molar refractivity (Wildman–Crippen MR) is 136 cm³/mol. The predicted octanol–water partition coefficient (Wildman–Crippen LogP) is 2.92. The van der Waals surface area contributed by atoms with Crippen molar-refractivity contribution in [3.8, 4) is 5.75 Å². The maximum atomic E-state index is 13.9. The number of nitrogens with one attached hydrogen (secondary N) is 1. The van der Waals surface area contributed by atoms with Gasteiger partial charge in [-0.3, -0.25) is 4.79 Å². The minimum Gasteiger partial charge on any atom is -0.495 e. The number of halogens is 2. The van der Waals surface area contributed by atoms with Crippen molar-refractivity contribution < 1.29 is 51.9 Å². The molecule has 0 atom stereocenters. The third-order valence-electron chi connectivity index (χ3n) is 5.01. The van der Waals surface area contributed by atoms with Gasteiger partial charge in [-0.05, 0) is 65.1 Å². The zero-order valence-electron chi connectivity index (χ0n) is 18.9. The summed E-state index contributed by atoms with van der Waals surface area (Å²) in [6, 6.07) is 18.9. The second kappa shape index (κ2) is 11.8. The third-order valence-corrected chi connectivity index (χ3v) is 7.99. The maximum Gasteiger partial charge on any atom is 1.00 e. The molecule has 0 bridgehead atoms. The van der Waals surface area contributed by atoms with Crippen molar-refractivity contribution in [1.29, 1.82) is 0 Å². The summed E-state index contributed by atoms with van der Waals surface area (Å²) in [6.07, 6.45) is 3.04. The molecule has 0 aliphatic heterocycles. The maximum absolute atomic E-state index is 13.9. The van der Waals surface area contributed by atoms with E-state index >= 15 is 0 Å². The summed E-state index contributed by atoms with van der Waals surface area (Å²) >= 11 is 4.86. The molecule has 1 amide bonds. The fourth-order valence-corrected chi connectivity index (χ4v) is 6.18. The number of hydrogen-bond acceptors (Lipinski definition) is 5. The Morgan fingerprint density at radius 1 is 1.11 bits per heavy atom. The van der Waals surface area contributed by atoms with Crippen LogP contribution in [0.15, 0.2) is 82.2 Å². The molecular formula is C25H19BrFNNaO4S2+. The normalized spacial score (nSPS) is 11.4. The molecule has 1 heterocycles. The number of hydrogen-bond donors (Lipinski definition) is 1. The van der Waals surface area contributed by atoms with Crippen LogP contribution in [0.25, 0.3) is 16.2 Å². The molecule has 5 nitrogen and oxygen atoms in total. The van der Waals surface area contributed by atoms with Gasteiger partial charge in [0, 0.05) is 26.5 Å². The standard InChI is InChI=1S/C25H19BrFNO4S2.Na/c1-32-22-10-8-19(26)15-24(22)34(30,31)28-25(29)11-7-16-12-20(27)9-6-17(16)13-21-14-18-4-2-3-5-23(18)33-21;/h2-12,14-15H,13H2,1H3,(H,28,29);/q;+1/b11-7+;. The van der Waals surface area contributed by atoms with Crippen LogP contribution in [0.3, 0.4) is 0 Å². The summed E-state index contributed by atoms with van der Waals surface area (Å²) in [5.74, 6) is -1.21. The van der Waals surface area contributed by atoms with Crippen molar-refractivity contribution in [1.82, 2.24) is 4.72 Å². The average Bonchev–Trinajstić information content (AvgIpc) is 3.21. The Hall–Kier alpha value is -2.01. The Balaban J connectivity index is 0.00000342. The van der Waals surface area contributed by atoms with Crippen LogP contribution in [0.1, 0.15) is 16.0 Å². The van der Waals surface area contributed by atoms with E-state index in [1.807, 2.05) is 29.0 Å². The van der Waals surface area contributed by atoms with Gasteiger partial charge in [0.05, 0.1) is 7.11 Å². The van der Waals surface area contributed by atoms with E-state index in [0.717, 1.165) is 26.6 Å². The van der Waals surface area contributed by atoms with Crippen molar-refractivity contribution in [2.75, 3.05) is 7.11 Å². The number of carbonyl (C=O) groups excluding carboxylic acids is 1. The Kier molecular flexibility index (Phi) is 9.31. The Morgan fingerprint density at radius 2 is 1.89 bits per heavy atom. The van der Waals surface area contributed by atoms with Gasteiger partial charge >= 0.3 is 29.6 Å². The first-order valence-electron chi connectivity index (χ1n) is 10.1. The van der Waals surface area contributed by atoms with Gasteiger partial charge < -0.3 is 4.74 Å². The Labute approximate surface area is 237 Å². The summed E-state index contributed by atoms with van der Waals surface area (Å²) in [7, 11) is -2.85. The molecule has 0 fully saturated rings. The SMILES string of the molecule is COc1ccc(Br)cc1S(=O)(=O)NC(=O)/C=C/c1cc(F)ccc1Cc1cc2ccccc2s1.[Na+]. The minimum absolute atomic E-state index is 0.